The quantitative estimate of drug-likeness (QED) is 0.0897. The van der Waals surface area contributed by atoms with Gasteiger partial charge in [0, 0.05) is 6.61 Å². The summed E-state index contributed by atoms with van der Waals surface area (Å²) in [4.78, 5) is 0. The van der Waals surface area contributed by atoms with Crippen LogP contribution in [0.5, 0.6) is 0 Å². The van der Waals surface area contributed by atoms with Gasteiger partial charge in [-0.1, -0.05) is 195 Å². The van der Waals surface area contributed by atoms with E-state index in [9.17, 15) is 5.11 Å². The van der Waals surface area contributed by atoms with E-state index in [-0.39, 0.29) is 0 Å². The fourth-order valence-electron chi connectivity index (χ4n) is 5.83. The molecule has 0 spiro atoms. The van der Waals surface area contributed by atoms with Crippen LogP contribution in [-0.2, 0) is 0 Å². The van der Waals surface area contributed by atoms with E-state index in [0.29, 0.717) is 12.5 Å². The van der Waals surface area contributed by atoms with E-state index in [1.807, 2.05) is 0 Å². The zero-order valence-electron chi connectivity index (χ0n) is 26.7. The predicted octanol–water partition coefficient (Wildman–Crippen LogP) is 12.8. The Bertz CT molecular complexity index is 401. The van der Waals surface area contributed by atoms with Gasteiger partial charge in [0.05, 0.1) is 0 Å². The van der Waals surface area contributed by atoms with Crippen molar-refractivity contribution in [3.8, 4) is 0 Å². The molecule has 1 unspecified atom stereocenters. The Hall–Kier alpha value is -0.0400. The third kappa shape index (κ3) is 32.1. The minimum atomic E-state index is 0.412. The molecule has 0 amide bonds. The molecule has 0 aromatic heterocycles. The maximum absolute atomic E-state index is 9.76. The fraction of sp³-hybridized carbons (Fsp3) is 1.00. The Kier molecular flexibility index (Phi) is 30.5. The van der Waals surface area contributed by atoms with Crippen LogP contribution in [0.3, 0.4) is 0 Å². The molecule has 0 aromatic carbocycles. The SMILES string of the molecule is CC(C)CCCCCCCCCCCCCCCC(CO)CCCCCCCCCCCCCC(C)C. The van der Waals surface area contributed by atoms with Crippen molar-refractivity contribution in [2.45, 2.75) is 207 Å². The lowest BCUT2D eigenvalue weighted by Crippen LogP contribution is -2.06. The second-order valence-corrected chi connectivity index (χ2v) is 13.5. The molecule has 1 heteroatoms. The third-order valence-corrected chi connectivity index (χ3v) is 8.55. The normalized spacial score (nSPS) is 12.7. The summed E-state index contributed by atoms with van der Waals surface area (Å²) in [5, 5.41) is 9.76. The van der Waals surface area contributed by atoms with Gasteiger partial charge in [0.1, 0.15) is 0 Å². The van der Waals surface area contributed by atoms with Crippen molar-refractivity contribution >= 4 is 0 Å². The van der Waals surface area contributed by atoms with Crippen molar-refractivity contribution < 1.29 is 5.11 Å². The van der Waals surface area contributed by atoms with Crippen molar-refractivity contribution in [2.75, 3.05) is 6.61 Å². The van der Waals surface area contributed by atoms with Gasteiger partial charge in [-0.05, 0) is 30.6 Å². The van der Waals surface area contributed by atoms with E-state index in [1.54, 1.807) is 0 Å². The second-order valence-electron chi connectivity index (χ2n) is 13.5. The summed E-state index contributed by atoms with van der Waals surface area (Å²) < 4.78 is 0. The van der Waals surface area contributed by atoms with Crippen LogP contribution in [0.25, 0.3) is 0 Å². The lowest BCUT2D eigenvalue weighted by Gasteiger charge is -2.13. The zero-order chi connectivity index (χ0) is 27.2. The molecule has 0 aliphatic heterocycles. The van der Waals surface area contributed by atoms with Crippen LogP contribution in [0, 0.1) is 17.8 Å². The predicted molar refractivity (Wildman–Crippen MR) is 170 cm³/mol. The van der Waals surface area contributed by atoms with Crippen molar-refractivity contribution in [2.24, 2.45) is 17.8 Å². The molecule has 0 aliphatic rings. The molecule has 37 heavy (non-hydrogen) atoms. The Morgan fingerprint density at radius 1 is 0.297 bits per heavy atom. The monoisotopic (exact) mass is 523 g/mol. The van der Waals surface area contributed by atoms with E-state index in [4.69, 9.17) is 0 Å². The molecule has 0 saturated heterocycles. The molecular formula is C36H74O. The summed E-state index contributed by atoms with van der Waals surface area (Å²) in [6.45, 7) is 9.77. The Labute approximate surface area is 236 Å². The van der Waals surface area contributed by atoms with E-state index in [2.05, 4.69) is 27.7 Å². The topological polar surface area (TPSA) is 20.2 Å². The molecular weight excluding hydrogens is 448 g/mol. The zero-order valence-corrected chi connectivity index (χ0v) is 26.7. The van der Waals surface area contributed by atoms with Crippen molar-refractivity contribution in [3.63, 3.8) is 0 Å². The Morgan fingerprint density at radius 3 is 0.676 bits per heavy atom. The van der Waals surface area contributed by atoms with Crippen LogP contribution in [0.1, 0.15) is 207 Å². The maximum atomic E-state index is 9.76. The highest BCUT2D eigenvalue weighted by Crippen LogP contribution is 2.20. The van der Waals surface area contributed by atoms with Crippen molar-refractivity contribution in [1.29, 1.82) is 0 Å². The molecule has 0 saturated carbocycles. The lowest BCUT2D eigenvalue weighted by atomic mass is 9.94. The first kappa shape index (κ1) is 37.0. The molecule has 0 heterocycles. The van der Waals surface area contributed by atoms with Gasteiger partial charge >= 0.3 is 0 Å². The van der Waals surface area contributed by atoms with E-state index in [0.717, 1.165) is 11.8 Å². The fourth-order valence-corrected chi connectivity index (χ4v) is 5.83. The molecule has 1 N–H and O–H groups in total. The summed E-state index contributed by atoms with van der Waals surface area (Å²) in [5.41, 5.74) is 0. The van der Waals surface area contributed by atoms with Crippen LogP contribution >= 0.6 is 0 Å². The van der Waals surface area contributed by atoms with Crippen molar-refractivity contribution in [1.82, 2.24) is 0 Å². The number of hydrogen-bond donors (Lipinski definition) is 1. The van der Waals surface area contributed by atoms with Gasteiger partial charge in [-0.3, -0.25) is 0 Å². The molecule has 1 atom stereocenters. The first-order valence-electron chi connectivity index (χ1n) is 17.7. The first-order chi connectivity index (χ1) is 18.1. The maximum Gasteiger partial charge on any atom is 0.0459 e. The highest BCUT2D eigenvalue weighted by molar-refractivity contribution is 4.60. The first-order valence-corrected chi connectivity index (χ1v) is 17.7. The summed E-state index contributed by atoms with van der Waals surface area (Å²) in [6, 6.07) is 0. The Morgan fingerprint density at radius 2 is 0.486 bits per heavy atom. The van der Waals surface area contributed by atoms with Gasteiger partial charge in [-0.25, -0.2) is 0 Å². The summed E-state index contributed by atoms with van der Waals surface area (Å²) in [5.74, 6) is 2.33. The van der Waals surface area contributed by atoms with Gasteiger partial charge in [-0.2, -0.15) is 0 Å². The minimum absolute atomic E-state index is 0.412. The molecule has 224 valence electrons. The highest BCUT2D eigenvalue weighted by Gasteiger charge is 2.07. The highest BCUT2D eigenvalue weighted by atomic mass is 16.3. The average Bonchev–Trinajstić information content (AvgIpc) is 2.87. The number of hydrogen-bond acceptors (Lipinski definition) is 1. The molecule has 1 nitrogen and oxygen atoms in total. The summed E-state index contributed by atoms with van der Waals surface area (Å²) in [7, 11) is 0. The van der Waals surface area contributed by atoms with Crippen LogP contribution in [0.4, 0.5) is 0 Å². The van der Waals surface area contributed by atoms with Gasteiger partial charge < -0.3 is 5.11 Å². The standard InChI is InChI=1S/C36H74O/c1-34(2)29-25-21-17-13-9-6-5-7-11-15-19-23-27-31-36(33-37)32-28-24-20-16-12-8-10-14-18-22-26-30-35(3)4/h34-37H,5-33H2,1-4H3. The number of unbranched alkanes of at least 4 members (excludes halogenated alkanes) is 22. The average molecular weight is 523 g/mol. The van der Waals surface area contributed by atoms with Gasteiger partial charge in [0.2, 0.25) is 0 Å². The summed E-state index contributed by atoms with van der Waals surface area (Å²) in [6.07, 6.45) is 39.6. The minimum Gasteiger partial charge on any atom is -0.396 e. The van der Waals surface area contributed by atoms with Gasteiger partial charge in [-0.15, -0.1) is 0 Å². The van der Waals surface area contributed by atoms with Crippen LogP contribution < -0.4 is 0 Å². The molecule has 0 rings (SSSR count). The second kappa shape index (κ2) is 30.5. The molecule has 0 radical (unpaired) electrons. The molecule has 0 fully saturated rings. The smallest absolute Gasteiger partial charge is 0.0459 e. The lowest BCUT2D eigenvalue weighted by molar-refractivity contribution is 0.204. The number of rotatable bonds is 31. The van der Waals surface area contributed by atoms with E-state index >= 15 is 0 Å². The van der Waals surface area contributed by atoms with E-state index < -0.39 is 0 Å². The van der Waals surface area contributed by atoms with E-state index in [1.165, 1.54) is 180 Å². The summed E-state index contributed by atoms with van der Waals surface area (Å²) >= 11 is 0. The van der Waals surface area contributed by atoms with Gasteiger partial charge in [0.25, 0.3) is 0 Å². The van der Waals surface area contributed by atoms with Crippen LogP contribution in [-0.4, -0.2) is 11.7 Å². The number of aliphatic hydroxyl groups excluding tert-OH is 1. The molecule has 0 aliphatic carbocycles. The van der Waals surface area contributed by atoms with Crippen molar-refractivity contribution in [3.05, 3.63) is 0 Å². The molecule has 0 aromatic rings. The largest absolute Gasteiger partial charge is 0.396 e. The third-order valence-electron chi connectivity index (χ3n) is 8.55. The molecule has 0 bridgehead atoms. The number of aliphatic hydroxyl groups is 1. The van der Waals surface area contributed by atoms with Gasteiger partial charge in [0.15, 0.2) is 0 Å². The van der Waals surface area contributed by atoms with Crippen LogP contribution in [0.2, 0.25) is 0 Å². The van der Waals surface area contributed by atoms with Crippen LogP contribution in [0.15, 0.2) is 0 Å². The Balaban J connectivity index is 3.27.